The van der Waals surface area contributed by atoms with Crippen molar-refractivity contribution in [3.8, 4) is 16.9 Å². The van der Waals surface area contributed by atoms with Gasteiger partial charge in [-0.25, -0.2) is 14.6 Å². The van der Waals surface area contributed by atoms with Crippen LogP contribution in [0.4, 0.5) is 16.2 Å². The second kappa shape index (κ2) is 20.2. The molecule has 0 fully saturated rings. The molecular weight excluding hydrogens is 640 g/mol. The van der Waals surface area contributed by atoms with E-state index in [1.54, 1.807) is 6.07 Å². The van der Waals surface area contributed by atoms with Crippen LogP contribution in [0.25, 0.3) is 16.7 Å². The van der Waals surface area contributed by atoms with Crippen LogP contribution < -0.4 is 15.4 Å². The minimum atomic E-state index is -0.566. The van der Waals surface area contributed by atoms with E-state index in [4.69, 9.17) is 21.1 Å². The molecule has 0 saturated carbocycles. The molecule has 1 heterocycles. The maximum Gasteiger partial charge on any atom is 0.411 e. The van der Waals surface area contributed by atoms with Crippen LogP contribution in [0.2, 0.25) is 5.02 Å². The molecule has 0 saturated heterocycles. The highest BCUT2D eigenvalue weighted by atomic mass is 35.5. The zero-order valence-electron chi connectivity index (χ0n) is 29.7. The van der Waals surface area contributed by atoms with Gasteiger partial charge in [0.05, 0.1) is 33.6 Å². The Hall–Kier alpha value is -4.37. The molecule has 9 heteroatoms. The van der Waals surface area contributed by atoms with Crippen molar-refractivity contribution in [2.45, 2.75) is 65.7 Å². The summed E-state index contributed by atoms with van der Waals surface area (Å²) in [6, 6.07) is 19.8. The fourth-order valence-electron chi connectivity index (χ4n) is 5.71. The number of amides is 2. The van der Waals surface area contributed by atoms with E-state index in [0.29, 0.717) is 29.4 Å². The molecule has 4 rings (SSSR count). The van der Waals surface area contributed by atoms with E-state index in [2.05, 4.69) is 76.7 Å². The number of methoxy groups -OCH3 is 1. The number of carbonyl (C=O) groups is 2. The number of ether oxygens (including phenoxy) is 2. The average molecular weight is 689 g/mol. The Balaban J connectivity index is 0.00000154. The van der Waals surface area contributed by atoms with Gasteiger partial charge in [0, 0.05) is 34.2 Å². The Bertz CT molecular complexity index is 1660. The lowest BCUT2D eigenvalue weighted by atomic mass is 9.82. The van der Waals surface area contributed by atoms with E-state index in [0.717, 1.165) is 53.7 Å². The first kappa shape index (κ1) is 39.1. The number of fused-ring (bicyclic) bond motifs is 4. The number of anilines is 2. The van der Waals surface area contributed by atoms with Gasteiger partial charge in [-0.15, -0.1) is 0 Å². The van der Waals surface area contributed by atoms with E-state index < -0.39 is 6.09 Å². The molecular formula is C40H49ClN2O6. The third kappa shape index (κ3) is 11.3. The molecule has 3 aromatic carbocycles. The SMILES string of the molecule is COOC.C\C=C(/C=C\C(=C(/C)CC)[C@H]1CCCCC(=O)Nc2cc(NC(=O)OC)ccc2-c2cccc1c2)c1cc(Cl)ccc1OCC. The van der Waals surface area contributed by atoms with Gasteiger partial charge in [-0.1, -0.05) is 79.1 Å². The van der Waals surface area contributed by atoms with Crippen LogP contribution in [0.1, 0.15) is 76.8 Å². The van der Waals surface area contributed by atoms with Crippen molar-refractivity contribution in [2.24, 2.45) is 0 Å². The number of allylic oxidation sites excluding steroid dienone is 6. The highest BCUT2D eigenvalue weighted by Gasteiger charge is 2.21. The first-order chi connectivity index (χ1) is 23.7. The molecule has 8 nitrogen and oxygen atoms in total. The van der Waals surface area contributed by atoms with E-state index in [1.165, 1.54) is 38.0 Å². The fourth-order valence-corrected chi connectivity index (χ4v) is 5.88. The standard InChI is InChI=1S/C38H43ClN2O4.C2H6O2/c1-6-25(4)31(19-16-26(7-2)34-23-29(39)17-21-36(34)45-8-3)32-14-9-10-15-37(42)41-35-24-30(40-38(43)44-5)18-20-33(35)28-13-11-12-27(32)22-28;1-3-4-2/h7,11-13,16-24,32H,6,8-10,14-15H2,1-5H3,(H,40,43)(H,41,42);1-2H3/b19-16-,26-7+,31-25-;/t32-;/m0./s1. The summed E-state index contributed by atoms with van der Waals surface area (Å²) in [7, 11) is 4.24. The largest absolute Gasteiger partial charge is 0.493 e. The van der Waals surface area contributed by atoms with Gasteiger partial charge in [0.2, 0.25) is 5.91 Å². The predicted octanol–water partition coefficient (Wildman–Crippen LogP) is 10.8. The number of halogens is 1. The number of benzene rings is 3. The Labute approximate surface area is 296 Å². The van der Waals surface area contributed by atoms with Crippen LogP contribution in [0.3, 0.4) is 0 Å². The molecule has 0 radical (unpaired) electrons. The molecule has 1 aliphatic rings. The van der Waals surface area contributed by atoms with Gasteiger partial charge < -0.3 is 14.8 Å². The Morgan fingerprint density at radius 1 is 1.00 bits per heavy atom. The topological polar surface area (TPSA) is 95.1 Å². The third-order valence-corrected chi connectivity index (χ3v) is 8.58. The molecule has 0 aliphatic carbocycles. The smallest absolute Gasteiger partial charge is 0.411 e. The summed E-state index contributed by atoms with van der Waals surface area (Å²) in [6.45, 7) is 8.97. The molecule has 2 amide bonds. The zero-order chi connectivity index (χ0) is 35.8. The van der Waals surface area contributed by atoms with Gasteiger partial charge in [-0.05, 0) is 92.6 Å². The number of hydrogen-bond donors (Lipinski definition) is 2. The molecule has 0 aromatic heterocycles. The van der Waals surface area contributed by atoms with Crippen LogP contribution in [-0.2, 0) is 19.3 Å². The van der Waals surface area contributed by atoms with Crippen LogP contribution in [0, 0.1) is 0 Å². The Kier molecular flexibility index (Phi) is 16.1. The van der Waals surface area contributed by atoms with Gasteiger partial charge >= 0.3 is 6.09 Å². The van der Waals surface area contributed by atoms with Gasteiger partial charge in [-0.3, -0.25) is 10.1 Å². The first-order valence-electron chi connectivity index (χ1n) is 16.6. The van der Waals surface area contributed by atoms with E-state index in [1.807, 2.05) is 44.2 Å². The number of hydrogen-bond acceptors (Lipinski definition) is 6. The van der Waals surface area contributed by atoms with Crippen molar-refractivity contribution in [3.05, 3.63) is 106 Å². The van der Waals surface area contributed by atoms with E-state index >= 15 is 0 Å². The minimum absolute atomic E-state index is 0.0514. The van der Waals surface area contributed by atoms with E-state index in [9.17, 15) is 9.59 Å². The maximum absolute atomic E-state index is 13.0. The normalized spacial score (nSPS) is 15.4. The second-order valence-corrected chi connectivity index (χ2v) is 11.9. The van der Waals surface area contributed by atoms with Crippen LogP contribution in [-0.4, -0.2) is 39.9 Å². The summed E-state index contributed by atoms with van der Waals surface area (Å²) >= 11 is 6.42. The number of rotatable bonds is 9. The highest BCUT2D eigenvalue weighted by molar-refractivity contribution is 6.30. The van der Waals surface area contributed by atoms with Crippen molar-refractivity contribution in [2.75, 3.05) is 38.6 Å². The first-order valence-corrected chi connectivity index (χ1v) is 17.0. The van der Waals surface area contributed by atoms with Gasteiger partial charge in [0.25, 0.3) is 0 Å². The maximum atomic E-state index is 13.0. The fraction of sp³-hybridized carbons (Fsp3) is 0.350. The highest BCUT2D eigenvalue weighted by Crippen LogP contribution is 2.39. The van der Waals surface area contributed by atoms with Crippen LogP contribution >= 0.6 is 11.6 Å². The summed E-state index contributed by atoms with van der Waals surface area (Å²) in [6.07, 6.45) is 9.84. The summed E-state index contributed by atoms with van der Waals surface area (Å²) in [5.41, 5.74) is 8.86. The van der Waals surface area contributed by atoms with Crippen molar-refractivity contribution < 1.29 is 28.8 Å². The van der Waals surface area contributed by atoms with Crippen molar-refractivity contribution in [3.63, 3.8) is 0 Å². The molecule has 2 N–H and O–H groups in total. The monoisotopic (exact) mass is 688 g/mol. The lowest BCUT2D eigenvalue weighted by molar-refractivity contribution is -0.248. The molecule has 49 heavy (non-hydrogen) atoms. The minimum Gasteiger partial charge on any atom is -0.493 e. The molecule has 262 valence electrons. The Morgan fingerprint density at radius 2 is 1.78 bits per heavy atom. The molecule has 0 unspecified atom stereocenters. The summed E-state index contributed by atoms with van der Waals surface area (Å²) in [5.74, 6) is 0.888. The lowest BCUT2D eigenvalue weighted by Gasteiger charge is -2.24. The van der Waals surface area contributed by atoms with Gasteiger partial charge in [0.15, 0.2) is 0 Å². The van der Waals surface area contributed by atoms with Gasteiger partial charge in [-0.2, -0.15) is 0 Å². The van der Waals surface area contributed by atoms with E-state index in [-0.39, 0.29) is 11.8 Å². The molecule has 3 aromatic rings. The summed E-state index contributed by atoms with van der Waals surface area (Å²) < 4.78 is 10.7. The van der Waals surface area contributed by atoms with Crippen molar-refractivity contribution in [1.29, 1.82) is 0 Å². The quantitative estimate of drug-likeness (QED) is 0.132. The number of nitrogens with one attached hydrogen (secondary N) is 2. The second-order valence-electron chi connectivity index (χ2n) is 11.4. The van der Waals surface area contributed by atoms with Crippen molar-refractivity contribution >= 4 is 40.5 Å². The predicted molar refractivity (Wildman–Crippen MR) is 200 cm³/mol. The number of carbonyl (C=O) groups excluding carboxylic acids is 2. The zero-order valence-corrected chi connectivity index (χ0v) is 30.4. The lowest BCUT2D eigenvalue weighted by Crippen LogP contribution is -2.15. The summed E-state index contributed by atoms with van der Waals surface area (Å²) in [4.78, 5) is 33.0. The van der Waals surface area contributed by atoms with Crippen LogP contribution in [0.5, 0.6) is 5.75 Å². The molecule has 1 aliphatic heterocycles. The summed E-state index contributed by atoms with van der Waals surface area (Å²) in [5, 5.41) is 6.44. The third-order valence-electron chi connectivity index (χ3n) is 8.34. The molecule has 2 bridgehead atoms. The average Bonchev–Trinajstić information content (AvgIpc) is 3.11. The molecule has 0 spiro atoms. The Morgan fingerprint density at radius 3 is 2.45 bits per heavy atom. The van der Waals surface area contributed by atoms with Crippen molar-refractivity contribution in [1.82, 2.24) is 0 Å². The van der Waals surface area contributed by atoms with Crippen LogP contribution in [0.15, 0.2) is 90.0 Å². The van der Waals surface area contributed by atoms with Gasteiger partial charge in [0.1, 0.15) is 5.75 Å². The molecule has 1 atom stereocenters.